The normalized spacial score (nSPS) is 16.2. The van der Waals surface area contributed by atoms with Gasteiger partial charge < -0.3 is 49.7 Å². The predicted octanol–water partition coefficient (Wildman–Crippen LogP) is 5.28. The molecule has 1 aliphatic rings. The highest BCUT2D eigenvalue weighted by Gasteiger charge is 2.45. The zero-order valence-electron chi connectivity index (χ0n) is 39.2. The minimum absolute atomic E-state index is 0.0680. The molecule has 0 aliphatic carbocycles. The fraction of sp³-hybridized carbons (Fsp3) is 0.408. The number of carboxylic acid groups (broad SMARTS) is 1. The van der Waals surface area contributed by atoms with Crippen molar-refractivity contribution in [1.82, 2.24) is 39.9 Å². The Balaban J connectivity index is 1.15. The number of carboxylic acids is 1. The average molecular weight is 973 g/mol. The van der Waals surface area contributed by atoms with Gasteiger partial charge in [0.1, 0.15) is 23.4 Å². The molecular weight excluding hydrogens is 913 g/mol. The zero-order chi connectivity index (χ0) is 49.1. The summed E-state index contributed by atoms with van der Waals surface area (Å²) in [5.41, 5.74) is 2.43. The fourth-order valence-corrected chi connectivity index (χ4v) is 8.76. The summed E-state index contributed by atoms with van der Waals surface area (Å²) >= 11 is 12.7. The van der Waals surface area contributed by atoms with Gasteiger partial charge in [-0.05, 0) is 82.2 Å². The van der Waals surface area contributed by atoms with Gasteiger partial charge >= 0.3 is 5.97 Å². The number of nitrogens with zero attached hydrogens (tertiary/aromatic N) is 7. The van der Waals surface area contributed by atoms with E-state index in [1.807, 2.05) is 54.9 Å². The van der Waals surface area contributed by atoms with Crippen molar-refractivity contribution < 1.29 is 38.5 Å². The van der Waals surface area contributed by atoms with Crippen LogP contribution in [-0.2, 0) is 56.9 Å². The van der Waals surface area contributed by atoms with E-state index in [1.165, 1.54) is 13.3 Å². The molecule has 362 valence electrons. The number of likely N-dealkylation sites (tertiary alicyclic amines) is 1. The van der Waals surface area contributed by atoms with Crippen LogP contribution in [0.15, 0.2) is 91.4 Å². The third-order valence-electron chi connectivity index (χ3n) is 12.2. The van der Waals surface area contributed by atoms with Crippen molar-refractivity contribution in [2.24, 2.45) is 13.0 Å². The minimum Gasteiger partial charge on any atom is -0.619 e. The number of ether oxygens (including phenoxy) is 2. The number of pyridine rings is 2. The Labute approximate surface area is 406 Å². The smallest absolute Gasteiger partial charge is 0.304 e. The summed E-state index contributed by atoms with van der Waals surface area (Å²) in [6.45, 7) is 2.81. The molecule has 3 aromatic heterocycles. The lowest BCUT2D eigenvalue weighted by molar-refractivity contribution is -0.614. The summed E-state index contributed by atoms with van der Waals surface area (Å²) in [4.78, 5) is 69.3. The number of piperidine rings is 1. The molecule has 1 fully saturated rings. The lowest BCUT2D eigenvalue weighted by Gasteiger charge is -2.49. The number of hydrogen-bond acceptors (Lipinski definition) is 11. The molecule has 4 atom stereocenters. The van der Waals surface area contributed by atoms with E-state index in [4.69, 9.17) is 32.7 Å². The number of aliphatic carboxylic acids is 1. The first-order valence-electron chi connectivity index (χ1n) is 22.3. The molecule has 5 aromatic rings. The Hall–Kier alpha value is -6.11. The van der Waals surface area contributed by atoms with E-state index in [-0.39, 0.29) is 31.8 Å². The fourth-order valence-electron chi connectivity index (χ4n) is 8.47. The lowest BCUT2D eigenvalue weighted by Crippen LogP contribution is -2.65. The van der Waals surface area contributed by atoms with Gasteiger partial charge in [-0.3, -0.25) is 24.2 Å². The van der Waals surface area contributed by atoms with Crippen molar-refractivity contribution in [3.63, 3.8) is 0 Å². The number of halogens is 2. The highest BCUT2D eigenvalue weighted by molar-refractivity contribution is 6.31. The van der Waals surface area contributed by atoms with Gasteiger partial charge in [0, 0.05) is 75.0 Å². The number of imidazole rings is 1. The van der Waals surface area contributed by atoms with E-state index in [9.17, 15) is 29.5 Å². The SMILES string of the molecule is COCC(NC(=O)C(C)NCc1ccc(Cl)cc1Oc1ccc(-c2cnc(CN(C)C)n2C)nc1)C(=O)N(C)C1(Cc2ccc(Cl)cc2)CCCN(C(=O)C(CC(=O)O)Cc2cccc[n+]2[O-])C1. The largest absolute Gasteiger partial charge is 0.619 e. The Bertz CT molecular complexity index is 2540. The van der Waals surface area contributed by atoms with Crippen LogP contribution in [0.2, 0.25) is 10.0 Å². The first kappa shape index (κ1) is 51.3. The molecule has 68 heavy (non-hydrogen) atoms. The number of carbonyl (C=O) groups excluding carboxylic acids is 3. The molecule has 6 rings (SSSR count). The van der Waals surface area contributed by atoms with Crippen LogP contribution >= 0.6 is 23.2 Å². The summed E-state index contributed by atoms with van der Waals surface area (Å²) in [5.74, 6) is -1.70. The lowest BCUT2D eigenvalue weighted by atomic mass is 9.80. The van der Waals surface area contributed by atoms with Crippen LogP contribution < -0.4 is 20.1 Å². The first-order valence-corrected chi connectivity index (χ1v) is 23.0. The summed E-state index contributed by atoms with van der Waals surface area (Å²) < 4.78 is 14.4. The van der Waals surface area contributed by atoms with Crippen LogP contribution in [-0.4, -0.2) is 124 Å². The highest BCUT2D eigenvalue weighted by atomic mass is 35.5. The van der Waals surface area contributed by atoms with Crippen molar-refractivity contribution in [1.29, 1.82) is 0 Å². The van der Waals surface area contributed by atoms with Crippen molar-refractivity contribution in [2.75, 3.05) is 47.9 Å². The molecule has 1 aliphatic heterocycles. The third kappa shape index (κ3) is 13.1. The van der Waals surface area contributed by atoms with E-state index in [0.717, 1.165) is 22.8 Å². The van der Waals surface area contributed by atoms with Crippen LogP contribution in [0.5, 0.6) is 11.5 Å². The molecule has 0 radical (unpaired) electrons. The van der Waals surface area contributed by atoms with Gasteiger partial charge in [0.25, 0.3) is 0 Å². The molecule has 3 N–H and O–H groups in total. The number of hydrogen-bond donors (Lipinski definition) is 3. The van der Waals surface area contributed by atoms with Crippen LogP contribution in [0.3, 0.4) is 0 Å². The first-order chi connectivity index (χ1) is 32.5. The van der Waals surface area contributed by atoms with Gasteiger partial charge in [0.05, 0.1) is 60.9 Å². The Morgan fingerprint density at radius 1 is 1.00 bits per heavy atom. The Morgan fingerprint density at radius 3 is 2.43 bits per heavy atom. The van der Waals surface area contributed by atoms with Gasteiger partial charge in [-0.25, -0.2) is 4.98 Å². The zero-order valence-corrected chi connectivity index (χ0v) is 40.7. The number of methoxy groups -OCH3 is 1. The van der Waals surface area contributed by atoms with Crippen molar-refractivity contribution in [3.05, 3.63) is 129 Å². The molecule has 1 saturated heterocycles. The summed E-state index contributed by atoms with van der Waals surface area (Å²) in [6.07, 6.45) is 5.46. The van der Waals surface area contributed by atoms with Crippen molar-refractivity contribution >= 4 is 46.9 Å². The monoisotopic (exact) mass is 971 g/mol. The number of rotatable bonds is 21. The molecule has 0 bridgehead atoms. The van der Waals surface area contributed by atoms with Crippen LogP contribution in [0, 0.1) is 11.1 Å². The number of carbonyl (C=O) groups is 4. The molecule has 3 amide bonds. The molecule has 4 heterocycles. The van der Waals surface area contributed by atoms with E-state index >= 15 is 0 Å². The van der Waals surface area contributed by atoms with Gasteiger partial charge in [0.15, 0.2) is 11.9 Å². The summed E-state index contributed by atoms with van der Waals surface area (Å²) in [6, 6.07) is 19.0. The van der Waals surface area contributed by atoms with Gasteiger partial charge in [0.2, 0.25) is 17.7 Å². The molecule has 0 saturated carbocycles. The van der Waals surface area contributed by atoms with Crippen LogP contribution in [0.25, 0.3) is 11.4 Å². The van der Waals surface area contributed by atoms with Crippen molar-refractivity contribution in [3.8, 4) is 22.9 Å². The Morgan fingerprint density at radius 2 is 1.75 bits per heavy atom. The standard InChI is InChI=1S/C49H59Cl2N9O8/c1-32(52-26-34-13-16-37(51)24-43(34)68-39-17-18-40(53-27-39)42-28-54-44(57(42)4)29-56(2)3)46(63)55-41(30-67-6)48(65)58(5)49(25-33-11-14-36(50)15-12-33)19-9-20-59(31-49)47(64)35(23-45(61)62)22-38-10-7-8-21-60(38)66/h7-8,10-18,21,24,27-28,32,35,41,52H,9,19-20,22-23,25-26,29-31H2,1-6H3,(H,55,63)(H,61,62). The number of amides is 3. The number of likely N-dealkylation sites (N-methyl/N-ethyl adjacent to an activating group) is 1. The van der Waals surface area contributed by atoms with Crippen molar-refractivity contribution in [2.45, 2.75) is 69.7 Å². The predicted molar refractivity (Wildman–Crippen MR) is 257 cm³/mol. The highest BCUT2D eigenvalue weighted by Crippen LogP contribution is 2.34. The van der Waals surface area contributed by atoms with E-state index < -0.39 is 53.7 Å². The molecule has 4 unspecified atom stereocenters. The van der Waals surface area contributed by atoms with Crippen LogP contribution in [0.1, 0.15) is 48.8 Å². The quantitative estimate of drug-likeness (QED) is 0.0637. The van der Waals surface area contributed by atoms with Gasteiger partial charge in [-0.2, -0.15) is 4.73 Å². The van der Waals surface area contributed by atoms with E-state index in [0.29, 0.717) is 64.2 Å². The van der Waals surface area contributed by atoms with Gasteiger partial charge in [-0.1, -0.05) is 47.5 Å². The second-order valence-corrected chi connectivity index (χ2v) is 18.4. The number of nitrogens with one attached hydrogen (secondary N) is 2. The maximum Gasteiger partial charge on any atom is 0.304 e. The Kier molecular flexibility index (Phi) is 17.5. The van der Waals surface area contributed by atoms with E-state index in [2.05, 4.69) is 20.6 Å². The third-order valence-corrected chi connectivity index (χ3v) is 12.7. The molecule has 17 nitrogen and oxygen atoms in total. The number of benzene rings is 2. The second kappa shape index (κ2) is 23.3. The molecular formula is C49H59Cl2N9O8. The molecule has 2 aromatic carbocycles. The van der Waals surface area contributed by atoms with Crippen LogP contribution in [0.4, 0.5) is 0 Å². The molecule has 0 spiro atoms. The summed E-state index contributed by atoms with van der Waals surface area (Å²) in [7, 11) is 9.00. The number of aromatic nitrogens is 4. The molecule has 19 heteroatoms. The maximum absolute atomic E-state index is 14.7. The summed E-state index contributed by atoms with van der Waals surface area (Å²) in [5, 5.41) is 29.5. The second-order valence-electron chi connectivity index (χ2n) is 17.5. The average Bonchev–Trinajstić information content (AvgIpc) is 3.67. The topological polar surface area (TPSA) is 198 Å². The minimum atomic E-state index is -1.17. The van der Waals surface area contributed by atoms with E-state index in [1.54, 1.807) is 84.7 Å². The van der Waals surface area contributed by atoms with Gasteiger partial charge in [-0.15, -0.1) is 0 Å². The maximum atomic E-state index is 14.7.